The summed E-state index contributed by atoms with van der Waals surface area (Å²) in [5.41, 5.74) is 5.26. The molecule has 0 amide bonds. The van der Waals surface area contributed by atoms with Crippen LogP contribution >= 0.6 is 0 Å². The highest BCUT2D eigenvalue weighted by Crippen LogP contribution is 1.95. The van der Waals surface area contributed by atoms with E-state index in [1.165, 1.54) is 0 Å². The maximum atomic E-state index is 7.09. The molecule has 0 spiro atoms. The molecule has 0 unspecified atom stereocenters. The van der Waals surface area contributed by atoms with Crippen molar-refractivity contribution in [2.75, 3.05) is 13.6 Å². The van der Waals surface area contributed by atoms with Crippen molar-refractivity contribution in [2.45, 2.75) is 13.0 Å². The average molecular weight is 193 g/mol. The topological polar surface area (TPSA) is 78.9 Å². The number of aromatic nitrogens is 2. The van der Waals surface area contributed by atoms with Gasteiger partial charge < -0.3 is 5.73 Å². The van der Waals surface area contributed by atoms with Gasteiger partial charge in [-0.2, -0.15) is 0 Å². The molecular formula is C9H15N5. The fourth-order valence-electron chi connectivity index (χ4n) is 1.04. The Morgan fingerprint density at radius 2 is 2.14 bits per heavy atom. The Morgan fingerprint density at radius 1 is 1.50 bits per heavy atom. The van der Waals surface area contributed by atoms with E-state index in [-0.39, 0.29) is 5.84 Å². The lowest BCUT2D eigenvalue weighted by atomic mass is 10.3. The van der Waals surface area contributed by atoms with Gasteiger partial charge in [-0.1, -0.05) is 0 Å². The quantitative estimate of drug-likeness (QED) is 0.518. The number of hydrogen-bond acceptors (Lipinski definition) is 4. The Morgan fingerprint density at radius 3 is 2.71 bits per heavy atom. The standard InChI is InChI=1S/C9H15N5/c1-14(6-3-8(10)11)7-9-12-4-2-5-13-9/h2,4-5H,3,6-7H2,1H3,(H3,10,11). The van der Waals surface area contributed by atoms with E-state index in [0.29, 0.717) is 13.0 Å². The average Bonchev–Trinajstić information content (AvgIpc) is 2.16. The zero-order valence-corrected chi connectivity index (χ0v) is 8.27. The summed E-state index contributed by atoms with van der Waals surface area (Å²) in [7, 11) is 1.96. The van der Waals surface area contributed by atoms with Gasteiger partial charge in [-0.05, 0) is 13.1 Å². The van der Waals surface area contributed by atoms with Crippen LogP contribution in [0.1, 0.15) is 12.2 Å². The highest BCUT2D eigenvalue weighted by atomic mass is 15.1. The molecule has 1 rings (SSSR count). The zero-order valence-electron chi connectivity index (χ0n) is 8.27. The van der Waals surface area contributed by atoms with Crippen molar-refractivity contribution in [3.05, 3.63) is 24.3 Å². The fourth-order valence-corrected chi connectivity index (χ4v) is 1.04. The van der Waals surface area contributed by atoms with Gasteiger partial charge in [0.1, 0.15) is 5.82 Å². The molecule has 0 aliphatic rings. The number of rotatable bonds is 5. The molecule has 5 nitrogen and oxygen atoms in total. The summed E-state index contributed by atoms with van der Waals surface area (Å²) < 4.78 is 0. The van der Waals surface area contributed by atoms with Crippen molar-refractivity contribution in [3.8, 4) is 0 Å². The van der Waals surface area contributed by atoms with Gasteiger partial charge in [-0.25, -0.2) is 9.97 Å². The first-order valence-corrected chi connectivity index (χ1v) is 4.46. The maximum absolute atomic E-state index is 7.09. The van der Waals surface area contributed by atoms with Gasteiger partial charge in [-0.3, -0.25) is 10.3 Å². The van der Waals surface area contributed by atoms with Crippen LogP contribution in [-0.2, 0) is 6.54 Å². The highest BCUT2D eigenvalue weighted by Gasteiger charge is 2.02. The van der Waals surface area contributed by atoms with Crippen molar-refractivity contribution in [1.82, 2.24) is 14.9 Å². The molecule has 1 heterocycles. The third kappa shape index (κ3) is 3.95. The minimum absolute atomic E-state index is 0.214. The molecule has 0 saturated carbocycles. The van der Waals surface area contributed by atoms with Crippen molar-refractivity contribution >= 4 is 5.84 Å². The van der Waals surface area contributed by atoms with E-state index in [9.17, 15) is 0 Å². The normalized spacial score (nSPS) is 10.4. The molecule has 0 aliphatic carbocycles. The molecule has 1 aromatic rings. The molecule has 0 aliphatic heterocycles. The second kappa shape index (κ2) is 5.29. The largest absolute Gasteiger partial charge is 0.388 e. The number of amidine groups is 1. The number of hydrogen-bond donors (Lipinski definition) is 2. The van der Waals surface area contributed by atoms with Crippen molar-refractivity contribution in [1.29, 1.82) is 5.41 Å². The van der Waals surface area contributed by atoms with E-state index in [0.717, 1.165) is 12.4 Å². The van der Waals surface area contributed by atoms with Crippen LogP contribution in [0.25, 0.3) is 0 Å². The molecule has 0 radical (unpaired) electrons. The highest BCUT2D eigenvalue weighted by molar-refractivity contribution is 5.76. The molecule has 1 aromatic heterocycles. The van der Waals surface area contributed by atoms with Gasteiger partial charge in [-0.15, -0.1) is 0 Å². The second-order valence-electron chi connectivity index (χ2n) is 3.18. The van der Waals surface area contributed by atoms with Crippen LogP contribution in [0.2, 0.25) is 0 Å². The lowest BCUT2D eigenvalue weighted by Gasteiger charge is -2.14. The van der Waals surface area contributed by atoms with E-state index >= 15 is 0 Å². The predicted octanol–water partition coefficient (Wildman–Crippen LogP) is 0.234. The minimum Gasteiger partial charge on any atom is -0.388 e. The summed E-state index contributed by atoms with van der Waals surface area (Å²) in [6.45, 7) is 1.45. The molecular weight excluding hydrogens is 178 g/mol. The summed E-state index contributed by atoms with van der Waals surface area (Å²) in [4.78, 5) is 10.3. The number of nitrogens with zero attached hydrogens (tertiary/aromatic N) is 3. The Balaban J connectivity index is 2.34. The summed E-state index contributed by atoms with van der Waals surface area (Å²) >= 11 is 0. The molecule has 0 aromatic carbocycles. The molecule has 0 fully saturated rings. The Hall–Kier alpha value is -1.49. The van der Waals surface area contributed by atoms with Crippen LogP contribution in [0.15, 0.2) is 18.5 Å². The van der Waals surface area contributed by atoms with Crippen molar-refractivity contribution in [3.63, 3.8) is 0 Å². The van der Waals surface area contributed by atoms with E-state index in [1.54, 1.807) is 18.5 Å². The molecule has 3 N–H and O–H groups in total. The predicted molar refractivity (Wildman–Crippen MR) is 54.9 cm³/mol. The van der Waals surface area contributed by atoms with Gasteiger partial charge in [0.05, 0.1) is 12.4 Å². The summed E-state index contributed by atoms with van der Waals surface area (Å²) in [5.74, 6) is 1.00. The van der Waals surface area contributed by atoms with E-state index in [1.807, 2.05) is 11.9 Å². The van der Waals surface area contributed by atoms with Gasteiger partial charge >= 0.3 is 0 Å². The SMILES string of the molecule is CN(CCC(=N)N)Cc1ncccn1. The number of nitrogens with two attached hydrogens (primary N) is 1. The summed E-state index contributed by atoms with van der Waals surface area (Å²) in [5, 5.41) is 7.09. The van der Waals surface area contributed by atoms with Crippen LogP contribution in [0.3, 0.4) is 0 Å². The Kier molecular flexibility index (Phi) is 4.00. The van der Waals surface area contributed by atoms with Crippen LogP contribution in [0.5, 0.6) is 0 Å². The molecule has 0 bridgehead atoms. The monoisotopic (exact) mass is 193 g/mol. The minimum atomic E-state index is 0.214. The van der Waals surface area contributed by atoms with E-state index < -0.39 is 0 Å². The third-order valence-electron chi connectivity index (χ3n) is 1.79. The Labute approximate surface area is 83.5 Å². The maximum Gasteiger partial charge on any atom is 0.142 e. The van der Waals surface area contributed by atoms with Crippen LogP contribution in [0, 0.1) is 5.41 Å². The first kappa shape index (κ1) is 10.6. The van der Waals surface area contributed by atoms with Crippen LogP contribution < -0.4 is 5.73 Å². The summed E-state index contributed by atoms with van der Waals surface area (Å²) in [6, 6.07) is 1.79. The van der Waals surface area contributed by atoms with Gasteiger partial charge in [0.2, 0.25) is 0 Å². The molecule has 5 heteroatoms. The van der Waals surface area contributed by atoms with Gasteiger partial charge in [0.15, 0.2) is 0 Å². The Bertz CT molecular complexity index is 285. The van der Waals surface area contributed by atoms with E-state index in [4.69, 9.17) is 11.1 Å². The molecule has 14 heavy (non-hydrogen) atoms. The third-order valence-corrected chi connectivity index (χ3v) is 1.79. The van der Waals surface area contributed by atoms with Gasteiger partial charge in [0.25, 0.3) is 0 Å². The molecule has 0 atom stereocenters. The first-order valence-electron chi connectivity index (χ1n) is 4.46. The van der Waals surface area contributed by atoms with E-state index in [2.05, 4.69) is 9.97 Å². The van der Waals surface area contributed by atoms with Crippen LogP contribution in [0.4, 0.5) is 0 Å². The second-order valence-corrected chi connectivity index (χ2v) is 3.18. The molecule has 0 saturated heterocycles. The van der Waals surface area contributed by atoms with Gasteiger partial charge in [0, 0.05) is 25.4 Å². The van der Waals surface area contributed by atoms with Crippen LogP contribution in [-0.4, -0.2) is 34.3 Å². The fraction of sp³-hybridized carbons (Fsp3) is 0.444. The van der Waals surface area contributed by atoms with Crippen molar-refractivity contribution < 1.29 is 0 Å². The lowest BCUT2D eigenvalue weighted by molar-refractivity contribution is 0.327. The van der Waals surface area contributed by atoms with Crippen molar-refractivity contribution in [2.24, 2.45) is 5.73 Å². The first-order chi connectivity index (χ1) is 6.68. The summed E-state index contributed by atoms with van der Waals surface area (Å²) in [6.07, 6.45) is 4.03. The smallest absolute Gasteiger partial charge is 0.142 e. The zero-order chi connectivity index (χ0) is 10.4. The lowest BCUT2D eigenvalue weighted by Crippen LogP contribution is -2.24. The number of nitrogens with one attached hydrogen (secondary N) is 1. The molecule has 76 valence electrons.